The van der Waals surface area contributed by atoms with Gasteiger partial charge >= 0.3 is 12.1 Å². The van der Waals surface area contributed by atoms with Crippen LogP contribution in [0.15, 0.2) is 0 Å². The van der Waals surface area contributed by atoms with Gasteiger partial charge in [0.2, 0.25) is 0 Å². The molecular weight excluding hydrogens is 318 g/mol. The molecule has 0 saturated carbocycles. The van der Waals surface area contributed by atoms with Gasteiger partial charge in [0.1, 0.15) is 0 Å². The minimum Gasteiger partial charge on any atom is -0.466 e. The quantitative estimate of drug-likeness (QED) is 0.281. The molecule has 0 fully saturated rings. The predicted molar refractivity (Wildman–Crippen MR) is 102 cm³/mol. The fourth-order valence-corrected chi connectivity index (χ4v) is 2.50. The summed E-state index contributed by atoms with van der Waals surface area (Å²) in [5.74, 6) is -0.0988. The molecular formula is C20H39NO4. The van der Waals surface area contributed by atoms with Gasteiger partial charge < -0.3 is 14.8 Å². The van der Waals surface area contributed by atoms with E-state index in [0.717, 1.165) is 38.5 Å². The molecule has 1 N–H and O–H groups in total. The van der Waals surface area contributed by atoms with Gasteiger partial charge in [0.05, 0.1) is 13.2 Å². The Bertz CT molecular complexity index is 321. The maximum atomic E-state index is 11.6. The third-order valence-electron chi connectivity index (χ3n) is 4.03. The van der Waals surface area contributed by atoms with Crippen molar-refractivity contribution >= 4 is 12.1 Å². The van der Waals surface area contributed by atoms with Crippen molar-refractivity contribution in [3.63, 3.8) is 0 Å². The average molecular weight is 358 g/mol. The first-order valence-corrected chi connectivity index (χ1v) is 10.3. The van der Waals surface area contributed by atoms with E-state index < -0.39 is 0 Å². The smallest absolute Gasteiger partial charge is 0.407 e. The van der Waals surface area contributed by atoms with Crippen LogP contribution in [-0.2, 0) is 14.3 Å². The fourth-order valence-electron chi connectivity index (χ4n) is 2.50. The van der Waals surface area contributed by atoms with Crippen molar-refractivity contribution in [3.8, 4) is 0 Å². The Labute approximate surface area is 154 Å². The van der Waals surface area contributed by atoms with Crippen LogP contribution in [-0.4, -0.2) is 31.8 Å². The molecule has 0 atom stereocenters. The van der Waals surface area contributed by atoms with E-state index in [4.69, 9.17) is 9.47 Å². The van der Waals surface area contributed by atoms with Gasteiger partial charge in [-0.2, -0.15) is 0 Å². The molecule has 148 valence electrons. The van der Waals surface area contributed by atoms with Crippen LogP contribution >= 0.6 is 0 Å². The van der Waals surface area contributed by atoms with Crippen LogP contribution in [0.25, 0.3) is 0 Å². The monoisotopic (exact) mass is 357 g/mol. The highest BCUT2D eigenvalue weighted by Gasteiger charge is 2.03. The highest BCUT2D eigenvalue weighted by Crippen LogP contribution is 2.08. The van der Waals surface area contributed by atoms with Gasteiger partial charge in [-0.25, -0.2) is 4.79 Å². The van der Waals surface area contributed by atoms with Crippen LogP contribution < -0.4 is 5.32 Å². The Kier molecular flexibility index (Phi) is 18.1. The number of hydrogen-bond acceptors (Lipinski definition) is 4. The number of amides is 1. The largest absolute Gasteiger partial charge is 0.466 e. The molecule has 0 aromatic rings. The highest BCUT2D eigenvalue weighted by molar-refractivity contribution is 5.69. The maximum absolute atomic E-state index is 11.6. The minimum atomic E-state index is -0.355. The molecule has 0 unspecified atom stereocenters. The van der Waals surface area contributed by atoms with Crippen molar-refractivity contribution in [2.45, 2.75) is 97.3 Å². The van der Waals surface area contributed by atoms with Crippen molar-refractivity contribution in [2.24, 2.45) is 0 Å². The average Bonchev–Trinajstić information content (AvgIpc) is 2.61. The first-order chi connectivity index (χ1) is 12.2. The molecule has 0 heterocycles. The molecule has 25 heavy (non-hydrogen) atoms. The summed E-state index contributed by atoms with van der Waals surface area (Å²) in [6, 6.07) is 0. The molecule has 0 aliphatic rings. The summed E-state index contributed by atoms with van der Waals surface area (Å²) in [6.45, 7) is 5.79. The van der Waals surface area contributed by atoms with Gasteiger partial charge in [-0.3, -0.25) is 4.79 Å². The van der Waals surface area contributed by atoms with Gasteiger partial charge in [-0.05, 0) is 25.7 Å². The van der Waals surface area contributed by atoms with E-state index in [1.807, 2.05) is 6.92 Å². The van der Waals surface area contributed by atoms with Crippen LogP contribution in [0.4, 0.5) is 4.79 Å². The Morgan fingerprint density at radius 1 is 0.680 bits per heavy atom. The molecule has 0 spiro atoms. The number of nitrogens with one attached hydrogen (secondary N) is 1. The molecule has 0 saturated heterocycles. The topological polar surface area (TPSA) is 64.6 Å². The molecule has 0 aliphatic carbocycles. The summed E-state index contributed by atoms with van der Waals surface area (Å²) in [5.41, 5.74) is 0. The molecule has 1 amide bonds. The van der Waals surface area contributed by atoms with E-state index >= 15 is 0 Å². The Balaban J connectivity index is 3.24. The van der Waals surface area contributed by atoms with E-state index in [1.165, 1.54) is 38.5 Å². The van der Waals surface area contributed by atoms with Crippen molar-refractivity contribution in [2.75, 3.05) is 19.8 Å². The van der Waals surface area contributed by atoms with Crippen LogP contribution in [0, 0.1) is 0 Å². The number of carbonyl (C=O) groups excluding carboxylic acids is 2. The molecule has 0 aromatic carbocycles. The van der Waals surface area contributed by atoms with Crippen molar-refractivity contribution in [3.05, 3.63) is 0 Å². The standard InChI is InChI=1S/C20H39NO4/c1-3-5-6-7-8-9-10-14-18-24-19(22)15-12-11-13-16-21-20(23)25-17-4-2/h3-18H2,1-2H3,(H,21,23). The molecule has 0 rings (SSSR count). The number of carbonyl (C=O) groups is 2. The van der Waals surface area contributed by atoms with E-state index in [9.17, 15) is 9.59 Å². The summed E-state index contributed by atoms with van der Waals surface area (Å²) in [7, 11) is 0. The molecule has 5 heteroatoms. The second kappa shape index (κ2) is 19.1. The number of hydrogen-bond donors (Lipinski definition) is 1. The zero-order chi connectivity index (χ0) is 18.6. The number of alkyl carbamates (subject to hydrolysis) is 1. The van der Waals surface area contributed by atoms with Gasteiger partial charge in [0.15, 0.2) is 0 Å². The van der Waals surface area contributed by atoms with Crippen molar-refractivity contribution in [1.82, 2.24) is 5.32 Å². The fraction of sp³-hybridized carbons (Fsp3) is 0.900. The first-order valence-electron chi connectivity index (χ1n) is 10.3. The summed E-state index contributed by atoms with van der Waals surface area (Å²) in [4.78, 5) is 22.8. The van der Waals surface area contributed by atoms with Gasteiger partial charge in [-0.15, -0.1) is 0 Å². The summed E-state index contributed by atoms with van der Waals surface area (Å²) in [6.07, 6.45) is 13.5. The van der Waals surface area contributed by atoms with Crippen LogP contribution in [0.2, 0.25) is 0 Å². The lowest BCUT2D eigenvalue weighted by atomic mass is 10.1. The third-order valence-corrected chi connectivity index (χ3v) is 4.03. The number of unbranched alkanes of at least 4 members (excludes halogenated alkanes) is 9. The highest BCUT2D eigenvalue weighted by atomic mass is 16.5. The summed E-state index contributed by atoms with van der Waals surface area (Å²) >= 11 is 0. The van der Waals surface area contributed by atoms with E-state index in [2.05, 4.69) is 12.2 Å². The molecule has 0 bridgehead atoms. The molecule has 0 radical (unpaired) electrons. The van der Waals surface area contributed by atoms with Gasteiger partial charge in [0, 0.05) is 13.0 Å². The normalized spacial score (nSPS) is 10.5. The predicted octanol–water partition coefficient (Wildman–Crippen LogP) is 5.37. The minimum absolute atomic E-state index is 0.0988. The Morgan fingerprint density at radius 2 is 1.32 bits per heavy atom. The lowest BCUT2D eigenvalue weighted by Crippen LogP contribution is -2.25. The third kappa shape index (κ3) is 18.9. The zero-order valence-electron chi connectivity index (χ0n) is 16.4. The molecule has 0 aliphatic heterocycles. The Morgan fingerprint density at radius 3 is 2.00 bits per heavy atom. The van der Waals surface area contributed by atoms with Gasteiger partial charge in [0.25, 0.3) is 0 Å². The number of rotatable bonds is 17. The second-order valence-corrected chi connectivity index (χ2v) is 6.57. The van der Waals surface area contributed by atoms with Crippen molar-refractivity contribution < 1.29 is 19.1 Å². The Hall–Kier alpha value is -1.26. The lowest BCUT2D eigenvalue weighted by molar-refractivity contribution is -0.143. The number of esters is 1. The van der Waals surface area contributed by atoms with E-state index in [0.29, 0.717) is 26.2 Å². The van der Waals surface area contributed by atoms with E-state index in [-0.39, 0.29) is 12.1 Å². The zero-order valence-corrected chi connectivity index (χ0v) is 16.4. The second-order valence-electron chi connectivity index (χ2n) is 6.57. The summed E-state index contributed by atoms with van der Waals surface area (Å²) in [5, 5.41) is 2.70. The molecule has 5 nitrogen and oxygen atoms in total. The molecule has 0 aromatic heterocycles. The van der Waals surface area contributed by atoms with Crippen LogP contribution in [0.1, 0.15) is 97.3 Å². The number of ether oxygens (including phenoxy) is 2. The van der Waals surface area contributed by atoms with E-state index in [1.54, 1.807) is 0 Å². The van der Waals surface area contributed by atoms with Gasteiger partial charge in [-0.1, -0.05) is 65.2 Å². The van der Waals surface area contributed by atoms with Crippen LogP contribution in [0.5, 0.6) is 0 Å². The lowest BCUT2D eigenvalue weighted by Gasteiger charge is -2.06. The SMILES string of the molecule is CCCCCCCCCCOC(=O)CCCCCNC(=O)OCCC. The van der Waals surface area contributed by atoms with Crippen molar-refractivity contribution in [1.29, 1.82) is 0 Å². The first kappa shape index (κ1) is 23.7. The summed E-state index contributed by atoms with van der Waals surface area (Å²) < 4.78 is 10.2. The maximum Gasteiger partial charge on any atom is 0.407 e. The van der Waals surface area contributed by atoms with Crippen LogP contribution in [0.3, 0.4) is 0 Å².